The lowest BCUT2D eigenvalue weighted by Gasteiger charge is -2.17. The molecule has 18 heavy (non-hydrogen) atoms. The van der Waals surface area contributed by atoms with Crippen LogP contribution in [0.5, 0.6) is 5.75 Å². The first kappa shape index (κ1) is 11.5. The summed E-state index contributed by atoms with van der Waals surface area (Å²) in [4.78, 5) is 14.1. The number of nitrogens with zero attached hydrogens (tertiary/aromatic N) is 1. The Bertz CT molecular complexity index is 440. The number of nitrogens with one attached hydrogen (secondary N) is 1. The van der Waals surface area contributed by atoms with Crippen molar-refractivity contribution in [1.29, 1.82) is 0 Å². The Morgan fingerprint density at radius 1 is 1.22 bits per heavy atom. The molecule has 1 aliphatic carbocycles. The summed E-state index contributed by atoms with van der Waals surface area (Å²) in [7, 11) is 1.64. The van der Waals surface area contributed by atoms with E-state index in [2.05, 4.69) is 5.32 Å². The molecule has 1 aliphatic heterocycles. The molecule has 1 atom stereocenters. The van der Waals surface area contributed by atoms with E-state index in [9.17, 15) is 4.79 Å². The number of hydrogen-bond donors (Lipinski definition) is 1. The number of benzene rings is 1. The second-order valence-corrected chi connectivity index (χ2v) is 4.97. The molecule has 0 aromatic heterocycles. The van der Waals surface area contributed by atoms with Crippen LogP contribution < -0.4 is 15.0 Å². The van der Waals surface area contributed by atoms with Crippen molar-refractivity contribution >= 4 is 11.6 Å². The Morgan fingerprint density at radius 3 is 2.56 bits per heavy atom. The van der Waals surface area contributed by atoms with Crippen molar-refractivity contribution in [3.8, 4) is 5.75 Å². The molecule has 0 bridgehead atoms. The molecule has 4 nitrogen and oxygen atoms in total. The van der Waals surface area contributed by atoms with Crippen LogP contribution in [0, 0.1) is 0 Å². The van der Waals surface area contributed by atoms with Crippen LogP contribution in [-0.2, 0) is 4.79 Å². The first-order valence-electron chi connectivity index (χ1n) is 6.49. The number of anilines is 1. The Morgan fingerprint density at radius 2 is 1.94 bits per heavy atom. The SMILES string of the molecule is COc1ccc(N2CCC(NC3CC3)C2=O)cc1. The zero-order chi connectivity index (χ0) is 12.5. The van der Waals surface area contributed by atoms with Gasteiger partial charge in [0.05, 0.1) is 13.2 Å². The largest absolute Gasteiger partial charge is 0.497 e. The van der Waals surface area contributed by atoms with Crippen LogP contribution in [0.25, 0.3) is 0 Å². The van der Waals surface area contributed by atoms with Gasteiger partial charge in [-0.2, -0.15) is 0 Å². The van der Waals surface area contributed by atoms with Gasteiger partial charge in [-0.25, -0.2) is 0 Å². The van der Waals surface area contributed by atoms with Crippen molar-refractivity contribution in [2.24, 2.45) is 0 Å². The van der Waals surface area contributed by atoms with Crippen LogP contribution in [0.4, 0.5) is 5.69 Å². The van der Waals surface area contributed by atoms with E-state index in [4.69, 9.17) is 4.74 Å². The molecule has 1 saturated heterocycles. The second-order valence-electron chi connectivity index (χ2n) is 4.97. The van der Waals surface area contributed by atoms with Gasteiger partial charge in [-0.3, -0.25) is 4.79 Å². The van der Waals surface area contributed by atoms with E-state index in [0.29, 0.717) is 6.04 Å². The third-order valence-corrected chi connectivity index (χ3v) is 3.60. The first-order chi connectivity index (χ1) is 8.78. The summed E-state index contributed by atoms with van der Waals surface area (Å²) >= 11 is 0. The molecule has 4 heteroatoms. The maximum Gasteiger partial charge on any atom is 0.244 e. The van der Waals surface area contributed by atoms with E-state index in [1.807, 2.05) is 29.2 Å². The summed E-state index contributed by atoms with van der Waals surface area (Å²) in [6.07, 6.45) is 3.33. The molecule has 1 amide bonds. The van der Waals surface area contributed by atoms with E-state index in [1.165, 1.54) is 12.8 Å². The maximum absolute atomic E-state index is 12.3. The van der Waals surface area contributed by atoms with Gasteiger partial charge in [-0.1, -0.05) is 0 Å². The lowest BCUT2D eigenvalue weighted by atomic mass is 10.2. The lowest BCUT2D eigenvalue weighted by Crippen LogP contribution is -2.39. The summed E-state index contributed by atoms with van der Waals surface area (Å²) in [5, 5.41) is 3.41. The predicted octanol–water partition coefficient (Wildman–Crippen LogP) is 1.55. The Labute approximate surface area is 107 Å². The number of amides is 1. The molecule has 1 aromatic carbocycles. The highest BCUT2D eigenvalue weighted by Crippen LogP contribution is 2.26. The van der Waals surface area contributed by atoms with Gasteiger partial charge < -0.3 is 15.0 Å². The minimum absolute atomic E-state index is 0.0135. The highest BCUT2D eigenvalue weighted by atomic mass is 16.5. The quantitative estimate of drug-likeness (QED) is 0.876. The molecule has 1 unspecified atom stereocenters. The standard InChI is InChI=1S/C14H18N2O2/c1-18-12-6-4-11(5-7-12)16-9-8-13(14(16)17)15-10-2-3-10/h4-7,10,13,15H,2-3,8-9H2,1H3. The van der Waals surface area contributed by atoms with Crippen LogP contribution in [0.3, 0.4) is 0 Å². The molecule has 96 valence electrons. The van der Waals surface area contributed by atoms with E-state index >= 15 is 0 Å². The first-order valence-corrected chi connectivity index (χ1v) is 6.49. The van der Waals surface area contributed by atoms with Gasteiger partial charge >= 0.3 is 0 Å². The zero-order valence-corrected chi connectivity index (χ0v) is 10.6. The maximum atomic E-state index is 12.3. The van der Waals surface area contributed by atoms with Crippen LogP contribution in [0.1, 0.15) is 19.3 Å². The third-order valence-electron chi connectivity index (χ3n) is 3.60. The number of rotatable bonds is 4. The molecule has 1 saturated carbocycles. The topological polar surface area (TPSA) is 41.6 Å². The van der Waals surface area contributed by atoms with Crippen molar-refractivity contribution in [2.45, 2.75) is 31.3 Å². The van der Waals surface area contributed by atoms with Gasteiger partial charge in [0.15, 0.2) is 0 Å². The monoisotopic (exact) mass is 246 g/mol. The van der Waals surface area contributed by atoms with E-state index < -0.39 is 0 Å². The predicted molar refractivity (Wildman–Crippen MR) is 69.9 cm³/mol. The molecular formula is C14H18N2O2. The molecule has 2 fully saturated rings. The van der Waals surface area contributed by atoms with Gasteiger partial charge in [0.25, 0.3) is 0 Å². The normalized spacial score (nSPS) is 23.5. The highest BCUT2D eigenvalue weighted by molar-refractivity contribution is 5.99. The summed E-state index contributed by atoms with van der Waals surface area (Å²) in [6, 6.07) is 8.26. The molecule has 0 radical (unpaired) electrons. The molecule has 1 aromatic rings. The van der Waals surface area contributed by atoms with Crippen LogP contribution in [0.15, 0.2) is 24.3 Å². The summed E-state index contributed by atoms with van der Waals surface area (Å²) in [5.41, 5.74) is 0.959. The van der Waals surface area contributed by atoms with Gasteiger partial charge in [0, 0.05) is 18.3 Å². The Kier molecular flexibility index (Phi) is 2.96. The molecule has 0 spiro atoms. The summed E-state index contributed by atoms with van der Waals surface area (Å²) < 4.78 is 5.12. The van der Waals surface area contributed by atoms with Gasteiger partial charge in [0.2, 0.25) is 5.91 Å². The zero-order valence-electron chi connectivity index (χ0n) is 10.6. The average molecular weight is 246 g/mol. The second kappa shape index (κ2) is 4.61. The fourth-order valence-electron chi connectivity index (χ4n) is 2.39. The summed E-state index contributed by atoms with van der Waals surface area (Å²) in [5.74, 6) is 1.02. The lowest BCUT2D eigenvalue weighted by molar-refractivity contribution is -0.118. The minimum Gasteiger partial charge on any atom is -0.497 e. The summed E-state index contributed by atoms with van der Waals surface area (Å²) in [6.45, 7) is 0.801. The fraction of sp³-hybridized carbons (Fsp3) is 0.500. The highest BCUT2D eigenvalue weighted by Gasteiger charge is 2.36. The molecule has 2 aliphatic rings. The van der Waals surface area contributed by atoms with E-state index in [-0.39, 0.29) is 11.9 Å². The smallest absolute Gasteiger partial charge is 0.244 e. The van der Waals surface area contributed by atoms with Gasteiger partial charge in [-0.05, 0) is 43.5 Å². The van der Waals surface area contributed by atoms with Gasteiger partial charge in [-0.15, -0.1) is 0 Å². The van der Waals surface area contributed by atoms with Crippen LogP contribution in [0.2, 0.25) is 0 Å². The van der Waals surface area contributed by atoms with Crippen molar-refractivity contribution in [2.75, 3.05) is 18.6 Å². The minimum atomic E-state index is 0.0135. The van der Waals surface area contributed by atoms with Gasteiger partial charge in [0.1, 0.15) is 5.75 Å². The Hall–Kier alpha value is -1.55. The fourth-order valence-corrected chi connectivity index (χ4v) is 2.39. The molecular weight excluding hydrogens is 228 g/mol. The number of ether oxygens (including phenoxy) is 1. The third kappa shape index (κ3) is 2.20. The molecule has 3 rings (SSSR count). The van der Waals surface area contributed by atoms with Crippen LogP contribution in [-0.4, -0.2) is 31.6 Å². The van der Waals surface area contributed by atoms with Crippen LogP contribution >= 0.6 is 0 Å². The molecule has 1 heterocycles. The number of hydrogen-bond acceptors (Lipinski definition) is 3. The van der Waals surface area contributed by atoms with Crippen molar-refractivity contribution in [1.82, 2.24) is 5.32 Å². The average Bonchev–Trinajstić information content (AvgIpc) is 3.15. The number of carbonyl (C=O) groups excluding carboxylic acids is 1. The van der Waals surface area contributed by atoms with Crippen molar-refractivity contribution in [3.05, 3.63) is 24.3 Å². The van der Waals surface area contributed by atoms with Crippen molar-refractivity contribution < 1.29 is 9.53 Å². The molecule has 1 N–H and O–H groups in total. The number of carbonyl (C=O) groups is 1. The number of methoxy groups -OCH3 is 1. The van der Waals surface area contributed by atoms with E-state index in [1.54, 1.807) is 7.11 Å². The Balaban J connectivity index is 1.69. The van der Waals surface area contributed by atoms with Crippen molar-refractivity contribution in [3.63, 3.8) is 0 Å². The van der Waals surface area contributed by atoms with E-state index in [0.717, 1.165) is 24.4 Å².